The first-order valence-electron chi connectivity index (χ1n) is 5.63. The van der Waals surface area contributed by atoms with Gasteiger partial charge in [0.1, 0.15) is 5.01 Å². The van der Waals surface area contributed by atoms with Crippen molar-refractivity contribution in [2.45, 2.75) is 45.6 Å². The summed E-state index contributed by atoms with van der Waals surface area (Å²) in [5.41, 5.74) is 1.56. The molecule has 1 aliphatic carbocycles. The molecule has 2 nitrogen and oxygen atoms in total. The Kier molecular flexibility index (Phi) is 2.63. The summed E-state index contributed by atoms with van der Waals surface area (Å²) >= 11 is 1.80. The fourth-order valence-electron chi connectivity index (χ4n) is 2.86. The van der Waals surface area contributed by atoms with Crippen LogP contribution in [0, 0.1) is 12.3 Å². The third-order valence-corrected chi connectivity index (χ3v) is 5.04. The van der Waals surface area contributed by atoms with E-state index in [0.717, 1.165) is 5.69 Å². The Morgan fingerprint density at radius 1 is 1.40 bits per heavy atom. The van der Waals surface area contributed by atoms with Gasteiger partial charge in [-0.25, -0.2) is 4.98 Å². The minimum Gasteiger partial charge on any atom is -0.308 e. The first-order chi connectivity index (χ1) is 7.02. The lowest BCUT2D eigenvalue weighted by molar-refractivity contribution is 0.167. The van der Waals surface area contributed by atoms with Gasteiger partial charge in [-0.1, -0.05) is 20.3 Å². The molecule has 1 fully saturated rings. The molecular formula is C12H20N2S. The van der Waals surface area contributed by atoms with Gasteiger partial charge in [-0.15, -0.1) is 11.3 Å². The summed E-state index contributed by atoms with van der Waals surface area (Å²) < 4.78 is 0. The minimum absolute atomic E-state index is 0.103. The number of rotatable bonds is 2. The van der Waals surface area contributed by atoms with Crippen molar-refractivity contribution in [3.63, 3.8) is 0 Å². The highest BCUT2D eigenvalue weighted by Gasteiger charge is 2.50. The number of thiazole rings is 1. The van der Waals surface area contributed by atoms with Crippen molar-refractivity contribution in [2.75, 3.05) is 7.05 Å². The molecule has 0 aromatic carbocycles. The van der Waals surface area contributed by atoms with E-state index in [-0.39, 0.29) is 5.54 Å². The summed E-state index contributed by atoms with van der Waals surface area (Å²) in [5.74, 6) is 0. The predicted octanol–water partition coefficient (Wildman–Crippen LogP) is 3.08. The zero-order valence-corrected chi connectivity index (χ0v) is 10.9. The molecule has 84 valence electrons. The molecule has 1 N–H and O–H groups in total. The normalized spacial score (nSPS) is 29.6. The van der Waals surface area contributed by atoms with Crippen LogP contribution in [0.5, 0.6) is 0 Å². The van der Waals surface area contributed by atoms with E-state index in [0.29, 0.717) is 5.41 Å². The SMILES string of the molecule is CNC1(c2nc(C)cs2)CCCC1(C)C. The quantitative estimate of drug-likeness (QED) is 0.835. The molecular weight excluding hydrogens is 204 g/mol. The number of nitrogens with one attached hydrogen (secondary N) is 1. The van der Waals surface area contributed by atoms with E-state index in [1.54, 1.807) is 11.3 Å². The summed E-state index contributed by atoms with van der Waals surface area (Å²) in [4.78, 5) is 4.69. The van der Waals surface area contributed by atoms with Crippen LogP contribution in [0.4, 0.5) is 0 Å². The Labute approximate surface area is 96.1 Å². The van der Waals surface area contributed by atoms with Gasteiger partial charge in [-0.3, -0.25) is 0 Å². The average molecular weight is 224 g/mol. The second kappa shape index (κ2) is 3.56. The zero-order valence-electron chi connectivity index (χ0n) is 10.1. The summed E-state index contributed by atoms with van der Waals surface area (Å²) in [6.07, 6.45) is 3.79. The van der Waals surface area contributed by atoms with E-state index in [1.165, 1.54) is 24.3 Å². The van der Waals surface area contributed by atoms with E-state index < -0.39 is 0 Å². The van der Waals surface area contributed by atoms with Gasteiger partial charge in [0.25, 0.3) is 0 Å². The van der Waals surface area contributed by atoms with Crippen LogP contribution >= 0.6 is 11.3 Å². The highest BCUT2D eigenvalue weighted by Crippen LogP contribution is 2.52. The lowest BCUT2D eigenvalue weighted by atomic mass is 9.75. The lowest BCUT2D eigenvalue weighted by Crippen LogP contribution is -2.48. The molecule has 2 rings (SSSR count). The molecule has 1 saturated carbocycles. The molecule has 0 radical (unpaired) electrons. The summed E-state index contributed by atoms with van der Waals surface area (Å²) in [6.45, 7) is 6.78. The van der Waals surface area contributed by atoms with E-state index in [2.05, 4.69) is 43.5 Å². The Bertz CT molecular complexity index is 356. The Hall–Kier alpha value is -0.410. The summed E-state index contributed by atoms with van der Waals surface area (Å²) in [5, 5.41) is 6.97. The van der Waals surface area contributed by atoms with Crippen LogP contribution in [0.15, 0.2) is 5.38 Å². The number of hydrogen-bond donors (Lipinski definition) is 1. The van der Waals surface area contributed by atoms with Crippen molar-refractivity contribution in [3.8, 4) is 0 Å². The predicted molar refractivity (Wildman–Crippen MR) is 65.2 cm³/mol. The molecule has 0 bridgehead atoms. The van der Waals surface area contributed by atoms with Crippen molar-refractivity contribution >= 4 is 11.3 Å². The zero-order chi connectivity index (χ0) is 11.1. The molecule has 15 heavy (non-hydrogen) atoms. The highest BCUT2D eigenvalue weighted by molar-refractivity contribution is 7.09. The van der Waals surface area contributed by atoms with Crippen LogP contribution in [0.1, 0.15) is 43.8 Å². The maximum atomic E-state index is 4.69. The third kappa shape index (κ3) is 1.53. The van der Waals surface area contributed by atoms with Gasteiger partial charge in [-0.05, 0) is 32.2 Å². The Morgan fingerprint density at radius 3 is 2.53 bits per heavy atom. The average Bonchev–Trinajstić information content (AvgIpc) is 2.70. The standard InChI is InChI=1S/C12H20N2S/c1-9-8-15-10(14-9)12(13-4)7-5-6-11(12,2)3/h8,13H,5-7H2,1-4H3. The first kappa shape index (κ1) is 11.1. The lowest BCUT2D eigenvalue weighted by Gasteiger charge is -2.39. The second-order valence-corrected chi connectivity index (χ2v) is 6.04. The van der Waals surface area contributed by atoms with Gasteiger partial charge in [0.05, 0.1) is 5.54 Å². The number of aromatic nitrogens is 1. The molecule has 1 aromatic rings. The number of hydrogen-bond acceptors (Lipinski definition) is 3. The maximum absolute atomic E-state index is 4.69. The summed E-state index contributed by atoms with van der Waals surface area (Å²) in [6, 6.07) is 0. The van der Waals surface area contributed by atoms with Gasteiger partial charge in [0.15, 0.2) is 0 Å². The van der Waals surface area contributed by atoms with Gasteiger partial charge < -0.3 is 5.32 Å². The monoisotopic (exact) mass is 224 g/mol. The smallest absolute Gasteiger partial charge is 0.114 e. The summed E-state index contributed by atoms with van der Waals surface area (Å²) in [7, 11) is 2.07. The van der Waals surface area contributed by atoms with Crippen molar-refractivity contribution in [3.05, 3.63) is 16.1 Å². The van der Waals surface area contributed by atoms with Crippen LogP contribution in [0.25, 0.3) is 0 Å². The van der Waals surface area contributed by atoms with Gasteiger partial charge in [0, 0.05) is 11.1 Å². The van der Waals surface area contributed by atoms with E-state index >= 15 is 0 Å². The molecule has 1 atom stereocenters. The Morgan fingerprint density at radius 2 is 2.13 bits per heavy atom. The molecule has 1 aliphatic rings. The molecule has 1 unspecified atom stereocenters. The van der Waals surface area contributed by atoms with Crippen molar-refractivity contribution in [1.82, 2.24) is 10.3 Å². The fourth-order valence-corrected chi connectivity index (χ4v) is 4.08. The fraction of sp³-hybridized carbons (Fsp3) is 0.750. The molecule has 1 aromatic heterocycles. The second-order valence-electron chi connectivity index (χ2n) is 5.19. The third-order valence-electron chi connectivity index (χ3n) is 3.92. The maximum Gasteiger partial charge on any atom is 0.114 e. The van der Waals surface area contributed by atoms with Crippen molar-refractivity contribution in [1.29, 1.82) is 0 Å². The van der Waals surface area contributed by atoms with E-state index in [9.17, 15) is 0 Å². The van der Waals surface area contributed by atoms with Gasteiger partial charge in [-0.2, -0.15) is 0 Å². The molecule has 0 spiro atoms. The topological polar surface area (TPSA) is 24.9 Å². The van der Waals surface area contributed by atoms with Crippen LogP contribution in [0.2, 0.25) is 0 Å². The molecule has 1 heterocycles. The van der Waals surface area contributed by atoms with Crippen LogP contribution in [-0.4, -0.2) is 12.0 Å². The van der Waals surface area contributed by atoms with Crippen molar-refractivity contribution < 1.29 is 0 Å². The van der Waals surface area contributed by atoms with Crippen molar-refractivity contribution in [2.24, 2.45) is 5.41 Å². The molecule has 3 heteroatoms. The minimum atomic E-state index is 0.103. The highest BCUT2D eigenvalue weighted by atomic mass is 32.1. The molecule has 0 amide bonds. The number of nitrogens with zero attached hydrogens (tertiary/aromatic N) is 1. The van der Waals surface area contributed by atoms with Gasteiger partial charge in [0.2, 0.25) is 0 Å². The van der Waals surface area contributed by atoms with Crippen LogP contribution in [-0.2, 0) is 5.54 Å². The molecule has 0 saturated heterocycles. The van der Waals surface area contributed by atoms with Crippen LogP contribution in [0.3, 0.4) is 0 Å². The van der Waals surface area contributed by atoms with Gasteiger partial charge >= 0.3 is 0 Å². The first-order valence-corrected chi connectivity index (χ1v) is 6.51. The largest absolute Gasteiger partial charge is 0.308 e. The molecule has 0 aliphatic heterocycles. The van der Waals surface area contributed by atoms with Crippen LogP contribution < -0.4 is 5.32 Å². The van der Waals surface area contributed by atoms with E-state index in [1.807, 2.05) is 0 Å². The van der Waals surface area contributed by atoms with E-state index in [4.69, 9.17) is 0 Å². The Balaban J connectivity index is 2.45. The number of aryl methyl sites for hydroxylation is 1.